The van der Waals surface area contributed by atoms with Crippen LogP contribution in [0, 0.1) is 0 Å². The largest absolute Gasteiger partial charge is 0.481 e. The van der Waals surface area contributed by atoms with Gasteiger partial charge in [0.25, 0.3) is 0 Å². The smallest absolute Gasteiger partial charge is 0.317 e. The van der Waals surface area contributed by atoms with Gasteiger partial charge < -0.3 is 29.8 Å². The normalized spacial score (nSPS) is 16.8. The van der Waals surface area contributed by atoms with Crippen LogP contribution in [0.25, 0.3) is 0 Å². The first-order chi connectivity index (χ1) is 23.4. The topological polar surface area (TPSA) is 151 Å². The van der Waals surface area contributed by atoms with Gasteiger partial charge >= 0.3 is 17.9 Å². The van der Waals surface area contributed by atoms with Crippen LogP contribution in [-0.2, 0) is 44.2 Å². The van der Waals surface area contributed by atoms with Crippen LogP contribution in [0.4, 0.5) is 8.78 Å². The molecule has 2 heterocycles. The van der Waals surface area contributed by atoms with Crippen LogP contribution >= 0.6 is 23.2 Å². The van der Waals surface area contributed by atoms with Crippen molar-refractivity contribution in [3.63, 3.8) is 0 Å². The number of hydrogen-bond acceptors (Lipinski definition) is 9. The quantitative estimate of drug-likeness (QED) is 0.141. The van der Waals surface area contributed by atoms with Gasteiger partial charge in [0.1, 0.15) is 12.7 Å². The summed E-state index contributed by atoms with van der Waals surface area (Å²) in [4.78, 5) is 42.4. The Labute approximate surface area is 295 Å². The van der Waals surface area contributed by atoms with Gasteiger partial charge in [0.2, 0.25) is 0 Å². The highest BCUT2D eigenvalue weighted by atomic mass is 35.5. The van der Waals surface area contributed by atoms with E-state index in [2.05, 4.69) is 4.74 Å². The van der Waals surface area contributed by atoms with E-state index in [0.717, 1.165) is 23.0 Å². The zero-order valence-electron chi connectivity index (χ0n) is 27.8. The third kappa shape index (κ3) is 13.2. The summed E-state index contributed by atoms with van der Waals surface area (Å²) < 4.78 is 47.1. The van der Waals surface area contributed by atoms with Crippen molar-refractivity contribution in [1.82, 2.24) is 0 Å². The van der Waals surface area contributed by atoms with E-state index < -0.39 is 48.6 Å². The summed E-state index contributed by atoms with van der Waals surface area (Å²) in [5.41, 5.74) is 7.82. The Bertz CT molecular complexity index is 1380. The summed E-state index contributed by atoms with van der Waals surface area (Å²) in [5.74, 6) is -2.20. The molecule has 0 amide bonds. The maximum Gasteiger partial charge on any atom is 0.317 e. The third-order valence-corrected chi connectivity index (χ3v) is 8.77. The Balaban J connectivity index is 0.000000281. The minimum absolute atomic E-state index is 0.0688. The van der Waals surface area contributed by atoms with Gasteiger partial charge in [-0.1, -0.05) is 29.3 Å². The molecule has 1 unspecified atom stereocenters. The van der Waals surface area contributed by atoms with Crippen molar-refractivity contribution < 1.29 is 52.0 Å². The van der Waals surface area contributed by atoms with Gasteiger partial charge in [-0.3, -0.25) is 28.0 Å². The van der Waals surface area contributed by atoms with Gasteiger partial charge in [-0.15, -0.1) is 0 Å². The van der Waals surface area contributed by atoms with Crippen molar-refractivity contribution >= 4 is 47.4 Å². The summed E-state index contributed by atoms with van der Waals surface area (Å²) in [6.45, 7) is 5.15. The molecule has 0 spiro atoms. The summed E-state index contributed by atoms with van der Waals surface area (Å²) in [5, 5.41) is 8.98. The number of benzene rings is 2. The van der Waals surface area contributed by atoms with E-state index >= 15 is 0 Å². The minimum Gasteiger partial charge on any atom is -0.481 e. The number of alkyl halides is 2. The first-order valence-electron chi connectivity index (χ1n) is 16.0. The Morgan fingerprint density at radius 1 is 0.837 bits per heavy atom. The SMILES string of the molecule is CCOC(=O)CC(=O)O.CCOC(=O)CC(N)c1cc(Cl)cc(C2(CF)CCOCC2)c1.O=Cc1cc(Cl)cc(C2(CF)CCOCC2)c1. The van der Waals surface area contributed by atoms with Crippen molar-refractivity contribution in [2.75, 3.05) is 53.0 Å². The Kier molecular flexibility index (Phi) is 18.1. The standard InChI is InChI=1S/C17H23ClFNO3.C13H14ClFO2.C5H8O4/c1-2-23-16(21)10-15(20)12-7-13(9-14(18)8-12)17(11-19)3-5-22-6-4-17;14-12-6-10(8-16)5-11(7-12)13(9-15)1-3-17-4-2-13;1-2-9-5(8)3-4(6)7/h7-9,15H,2-6,10-11,20H2,1H3;5-8H,1-4,9H2;2-3H2,1H3,(H,6,7). The highest BCUT2D eigenvalue weighted by Crippen LogP contribution is 2.38. The number of rotatable bonds is 12. The number of carboxylic acids is 1. The lowest BCUT2D eigenvalue weighted by Gasteiger charge is -2.35. The Morgan fingerprint density at radius 2 is 1.31 bits per heavy atom. The number of carbonyl (C=O) groups is 4. The molecule has 1 atom stereocenters. The fourth-order valence-electron chi connectivity index (χ4n) is 5.50. The number of aliphatic carboxylic acids is 1. The molecule has 0 radical (unpaired) electrons. The van der Waals surface area contributed by atoms with E-state index in [0.29, 0.717) is 74.3 Å². The number of nitrogens with two attached hydrogens (primary N) is 1. The van der Waals surface area contributed by atoms with E-state index in [1.54, 1.807) is 44.2 Å². The summed E-state index contributed by atoms with van der Waals surface area (Å²) in [6, 6.07) is 9.91. The van der Waals surface area contributed by atoms with Crippen molar-refractivity contribution in [3.05, 3.63) is 68.7 Å². The number of ether oxygens (including phenoxy) is 4. The first-order valence-corrected chi connectivity index (χ1v) is 16.8. The molecule has 14 heteroatoms. The van der Waals surface area contributed by atoms with Gasteiger partial charge in [-0.25, -0.2) is 0 Å². The van der Waals surface area contributed by atoms with Gasteiger partial charge in [0.05, 0.1) is 33.0 Å². The maximum atomic E-state index is 13.8. The summed E-state index contributed by atoms with van der Waals surface area (Å²) >= 11 is 12.2. The van der Waals surface area contributed by atoms with Crippen molar-refractivity contribution in [2.45, 2.75) is 69.2 Å². The molecule has 3 N–H and O–H groups in total. The van der Waals surface area contributed by atoms with Crippen LogP contribution in [0.1, 0.15) is 85.5 Å². The fourth-order valence-corrected chi connectivity index (χ4v) is 5.98. The van der Waals surface area contributed by atoms with Crippen LogP contribution < -0.4 is 5.73 Å². The summed E-state index contributed by atoms with van der Waals surface area (Å²) in [7, 11) is 0. The summed E-state index contributed by atoms with van der Waals surface area (Å²) in [6.07, 6.45) is 2.73. The van der Waals surface area contributed by atoms with Crippen LogP contribution in [-0.4, -0.2) is 82.3 Å². The average Bonchev–Trinajstić information content (AvgIpc) is 3.08. The predicted octanol–water partition coefficient (Wildman–Crippen LogP) is 6.51. The highest BCUT2D eigenvalue weighted by molar-refractivity contribution is 6.31. The molecule has 272 valence electrons. The lowest BCUT2D eigenvalue weighted by molar-refractivity contribution is -0.151. The van der Waals surface area contributed by atoms with E-state index in [1.807, 2.05) is 6.07 Å². The van der Waals surface area contributed by atoms with E-state index in [9.17, 15) is 28.0 Å². The molecular formula is C35H45Cl2F2NO9. The third-order valence-electron chi connectivity index (χ3n) is 8.33. The molecule has 2 fully saturated rings. The first kappa shape index (κ1) is 42.0. The van der Waals surface area contributed by atoms with Gasteiger partial charge in [-0.05, 0) is 86.6 Å². The number of hydrogen-bond donors (Lipinski definition) is 2. The number of halogens is 4. The lowest BCUT2D eigenvalue weighted by atomic mass is 9.74. The lowest BCUT2D eigenvalue weighted by Crippen LogP contribution is -2.36. The van der Waals surface area contributed by atoms with Gasteiger partial charge in [0.15, 0.2) is 0 Å². The van der Waals surface area contributed by atoms with E-state index in [4.69, 9.17) is 48.3 Å². The van der Waals surface area contributed by atoms with Gasteiger partial charge in [0, 0.05) is 58.9 Å². The molecule has 2 aliphatic rings. The van der Waals surface area contributed by atoms with Crippen LogP contribution in [0.2, 0.25) is 10.0 Å². The molecule has 0 aliphatic carbocycles. The van der Waals surface area contributed by atoms with Crippen molar-refractivity contribution in [1.29, 1.82) is 0 Å². The zero-order valence-corrected chi connectivity index (χ0v) is 29.3. The molecule has 2 aromatic rings. The van der Waals surface area contributed by atoms with Crippen LogP contribution in [0.15, 0.2) is 36.4 Å². The predicted molar refractivity (Wildman–Crippen MR) is 181 cm³/mol. The van der Waals surface area contributed by atoms with Crippen LogP contribution in [0.5, 0.6) is 0 Å². The number of carbonyl (C=O) groups excluding carboxylic acids is 3. The second-order valence-electron chi connectivity index (χ2n) is 11.7. The molecule has 0 aromatic heterocycles. The number of aldehydes is 1. The maximum absolute atomic E-state index is 13.8. The monoisotopic (exact) mass is 731 g/mol. The Morgan fingerprint density at radius 3 is 1.76 bits per heavy atom. The molecular weight excluding hydrogens is 687 g/mol. The molecule has 49 heavy (non-hydrogen) atoms. The molecule has 2 saturated heterocycles. The molecule has 10 nitrogen and oxygen atoms in total. The van der Waals surface area contributed by atoms with Gasteiger partial charge in [-0.2, -0.15) is 0 Å². The second kappa shape index (κ2) is 21.1. The van der Waals surface area contributed by atoms with Crippen molar-refractivity contribution in [2.24, 2.45) is 5.73 Å². The second-order valence-corrected chi connectivity index (χ2v) is 12.6. The van der Waals surface area contributed by atoms with E-state index in [-0.39, 0.29) is 19.0 Å². The molecule has 2 aromatic carbocycles. The highest BCUT2D eigenvalue weighted by Gasteiger charge is 2.36. The van der Waals surface area contributed by atoms with Crippen molar-refractivity contribution in [3.8, 4) is 0 Å². The number of carboxylic acid groups (broad SMARTS) is 1. The molecule has 0 saturated carbocycles. The van der Waals surface area contributed by atoms with Crippen LogP contribution in [0.3, 0.4) is 0 Å². The molecule has 4 rings (SSSR count). The number of esters is 2. The molecule has 2 aliphatic heterocycles. The Hall–Kier alpha value is -3.16. The van der Waals surface area contributed by atoms with E-state index in [1.165, 1.54) is 0 Å². The fraction of sp³-hybridized carbons (Fsp3) is 0.543. The average molecular weight is 733 g/mol. The minimum atomic E-state index is -1.16. The zero-order chi connectivity index (χ0) is 36.5. The molecule has 0 bridgehead atoms.